The van der Waals surface area contributed by atoms with Crippen molar-refractivity contribution in [2.75, 3.05) is 0 Å². The molecule has 0 spiro atoms. The Morgan fingerprint density at radius 1 is 1.27 bits per heavy atom. The van der Waals surface area contributed by atoms with Crippen molar-refractivity contribution in [1.29, 1.82) is 0 Å². The van der Waals surface area contributed by atoms with E-state index in [2.05, 4.69) is 5.32 Å². The van der Waals surface area contributed by atoms with Crippen LogP contribution < -0.4 is 5.32 Å². The second-order valence-electron chi connectivity index (χ2n) is 2.40. The predicted octanol–water partition coefficient (Wildman–Crippen LogP) is 1.05. The highest BCUT2D eigenvalue weighted by Gasteiger charge is 2.13. The van der Waals surface area contributed by atoms with Crippen LogP contribution in [-0.2, 0) is 4.79 Å². The molecule has 2 nitrogen and oxygen atoms in total. The van der Waals surface area contributed by atoms with Crippen molar-refractivity contribution < 1.29 is 4.79 Å². The Labute approximate surface area is 64.6 Å². The summed E-state index contributed by atoms with van der Waals surface area (Å²) in [5.41, 5.74) is 3.17. The zero-order valence-electron chi connectivity index (χ0n) is 5.87. The first-order valence-electron chi connectivity index (χ1n) is 3.43. The minimum absolute atomic E-state index is 0.696. The lowest BCUT2D eigenvalue weighted by atomic mass is 10.2. The van der Waals surface area contributed by atoms with Crippen molar-refractivity contribution in [3.8, 4) is 0 Å². The summed E-state index contributed by atoms with van der Waals surface area (Å²) in [6, 6.07) is 0. The van der Waals surface area contributed by atoms with E-state index in [9.17, 15) is 4.79 Å². The van der Waals surface area contributed by atoms with Crippen molar-refractivity contribution in [2.24, 2.45) is 0 Å². The molecule has 0 radical (unpaired) electrons. The zero-order valence-corrected chi connectivity index (χ0v) is 5.87. The van der Waals surface area contributed by atoms with E-state index in [1.165, 1.54) is 5.57 Å². The number of carbonyl (C=O) groups is 1. The third-order valence-electron chi connectivity index (χ3n) is 1.78. The fourth-order valence-corrected chi connectivity index (χ4v) is 1.28. The van der Waals surface area contributed by atoms with Gasteiger partial charge in [-0.1, -0.05) is 24.3 Å². The van der Waals surface area contributed by atoms with Crippen LogP contribution in [0.25, 0.3) is 0 Å². The maximum atomic E-state index is 10.1. The summed E-state index contributed by atoms with van der Waals surface area (Å²) in [6.07, 6.45) is 10.6. The summed E-state index contributed by atoms with van der Waals surface area (Å²) in [5.74, 6) is 0. The maximum Gasteiger partial charge on any atom is 0.211 e. The molecule has 0 atom stereocenters. The number of fused-ring (bicyclic) bond motifs is 1. The average Bonchev–Trinajstić information content (AvgIpc) is 2.53. The lowest BCUT2D eigenvalue weighted by molar-refractivity contribution is -0.108. The zero-order chi connectivity index (χ0) is 7.68. The Morgan fingerprint density at radius 3 is 3.00 bits per heavy atom. The molecule has 0 saturated carbocycles. The van der Waals surface area contributed by atoms with Gasteiger partial charge in [0.15, 0.2) is 0 Å². The topological polar surface area (TPSA) is 29.1 Å². The number of rotatable bonds is 2. The van der Waals surface area contributed by atoms with Crippen molar-refractivity contribution in [3.63, 3.8) is 0 Å². The number of hydrogen-bond acceptors (Lipinski definition) is 1. The molecule has 0 aromatic carbocycles. The third-order valence-corrected chi connectivity index (χ3v) is 1.78. The molecule has 0 unspecified atom stereocenters. The standard InChI is InChI=1S/C9H7NO/c11-6-10-9-5-4-7-2-1-3-8(7)9/h1-6H,(H,10,11). The summed E-state index contributed by atoms with van der Waals surface area (Å²) in [4.78, 5) is 10.1. The van der Waals surface area contributed by atoms with Gasteiger partial charge in [0.2, 0.25) is 6.41 Å². The number of nitrogens with one attached hydrogen (secondary N) is 1. The lowest BCUT2D eigenvalue weighted by Gasteiger charge is -1.97. The fraction of sp³-hybridized carbons (Fsp3) is 0. The van der Waals surface area contributed by atoms with Crippen molar-refractivity contribution >= 4 is 6.41 Å². The van der Waals surface area contributed by atoms with E-state index in [1.807, 2.05) is 30.4 Å². The van der Waals surface area contributed by atoms with Gasteiger partial charge in [0.1, 0.15) is 0 Å². The van der Waals surface area contributed by atoms with Gasteiger partial charge in [-0.25, -0.2) is 0 Å². The highest BCUT2D eigenvalue weighted by atomic mass is 16.1. The highest BCUT2D eigenvalue weighted by molar-refractivity contribution is 5.66. The van der Waals surface area contributed by atoms with Gasteiger partial charge in [-0.3, -0.25) is 4.79 Å². The Morgan fingerprint density at radius 2 is 2.18 bits per heavy atom. The molecular formula is C9H7NO. The lowest BCUT2D eigenvalue weighted by Crippen LogP contribution is -2.08. The maximum absolute atomic E-state index is 10.1. The molecule has 0 bridgehead atoms. The van der Waals surface area contributed by atoms with Crippen LogP contribution in [0.15, 0.2) is 47.2 Å². The van der Waals surface area contributed by atoms with Gasteiger partial charge < -0.3 is 5.32 Å². The van der Waals surface area contributed by atoms with Crippen LogP contribution in [0.5, 0.6) is 0 Å². The SMILES string of the molecule is O=CNC1=C2C=CC=C2C=C1. The second-order valence-corrected chi connectivity index (χ2v) is 2.40. The number of carbonyl (C=O) groups excluding carboxylic acids is 1. The van der Waals surface area contributed by atoms with Crippen LogP contribution >= 0.6 is 0 Å². The summed E-state index contributed by atoms with van der Waals surface area (Å²) < 4.78 is 0. The monoisotopic (exact) mass is 145 g/mol. The molecule has 1 amide bonds. The van der Waals surface area contributed by atoms with Gasteiger partial charge in [0.25, 0.3) is 0 Å². The molecule has 0 heterocycles. The summed E-state index contributed by atoms with van der Waals surface area (Å²) >= 11 is 0. The minimum Gasteiger partial charge on any atom is -0.328 e. The molecule has 11 heavy (non-hydrogen) atoms. The smallest absolute Gasteiger partial charge is 0.211 e. The van der Waals surface area contributed by atoms with Gasteiger partial charge in [-0.15, -0.1) is 0 Å². The molecule has 0 aromatic heterocycles. The van der Waals surface area contributed by atoms with Crippen LogP contribution in [0.3, 0.4) is 0 Å². The van der Waals surface area contributed by atoms with Gasteiger partial charge in [-0.05, 0) is 11.6 Å². The Bertz CT molecular complexity index is 318. The Kier molecular flexibility index (Phi) is 1.25. The van der Waals surface area contributed by atoms with Gasteiger partial charge >= 0.3 is 0 Å². The predicted molar refractivity (Wildman–Crippen MR) is 42.6 cm³/mol. The molecule has 54 valence electrons. The molecule has 2 heteroatoms. The van der Waals surface area contributed by atoms with Gasteiger partial charge in [0.05, 0.1) is 0 Å². The first-order chi connectivity index (χ1) is 5.42. The normalized spacial score (nSPS) is 18.7. The second kappa shape index (κ2) is 2.23. The van der Waals surface area contributed by atoms with Crippen LogP contribution in [0, 0.1) is 0 Å². The van der Waals surface area contributed by atoms with Crippen molar-refractivity contribution in [2.45, 2.75) is 0 Å². The van der Waals surface area contributed by atoms with E-state index in [4.69, 9.17) is 0 Å². The number of allylic oxidation sites excluding steroid dienone is 7. The molecule has 0 fully saturated rings. The summed E-state index contributed by atoms with van der Waals surface area (Å²) in [7, 11) is 0. The van der Waals surface area contributed by atoms with Gasteiger partial charge in [-0.2, -0.15) is 0 Å². The molecule has 1 N–H and O–H groups in total. The number of amides is 1. The first-order valence-corrected chi connectivity index (χ1v) is 3.43. The Balaban J connectivity index is 2.38. The Hall–Kier alpha value is -1.57. The minimum atomic E-state index is 0.696. The van der Waals surface area contributed by atoms with Crippen LogP contribution in [-0.4, -0.2) is 6.41 Å². The summed E-state index contributed by atoms with van der Waals surface area (Å²) in [5, 5.41) is 2.64. The third kappa shape index (κ3) is 0.835. The van der Waals surface area contributed by atoms with E-state index >= 15 is 0 Å². The van der Waals surface area contributed by atoms with E-state index in [-0.39, 0.29) is 0 Å². The quantitative estimate of drug-likeness (QED) is 0.578. The summed E-state index contributed by atoms with van der Waals surface area (Å²) in [6.45, 7) is 0. The van der Waals surface area contributed by atoms with Crippen LogP contribution in [0.2, 0.25) is 0 Å². The molecule has 2 aliphatic carbocycles. The molecular weight excluding hydrogens is 138 g/mol. The molecule has 2 aliphatic rings. The van der Waals surface area contributed by atoms with E-state index in [1.54, 1.807) is 0 Å². The van der Waals surface area contributed by atoms with Gasteiger partial charge in [0, 0.05) is 11.3 Å². The fourth-order valence-electron chi connectivity index (χ4n) is 1.28. The number of hydrogen-bond donors (Lipinski definition) is 1. The van der Waals surface area contributed by atoms with E-state index < -0.39 is 0 Å². The first kappa shape index (κ1) is 6.16. The molecule has 0 aliphatic heterocycles. The largest absolute Gasteiger partial charge is 0.328 e. The molecule has 0 saturated heterocycles. The van der Waals surface area contributed by atoms with Crippen LogP contribution in [0.4, 0.5) is 0 Å². The van der Waals surface area contributed by atoms with Crippen LogP contribution in [0.1, 0.15) is 0 Å². The van der Waals surface area contributed by atoms with Crippen molar-refractivity contribution in [3.05, 3.63) is 47.2 Å². The van der Waals surface area contributed by atoms with Crippen molar-refractivity contribution in [1.82, 2.24) is 5.32 Å². The van der Waals surface area contributed by atoms with E-state index in [0.29, 0.717) is 6.41 Å². The highest BCUT2D eigenvalue weighted by Crippen LogP contribution is 2.27. The molecule has 0 aromatic rings. The molecule has 2 rings (SSSR count). The van der Waals surface area contributed by atoms with E-state index in [0.717, 1.165) is 11.3 Å². The average molecular weight is 145 g/mol.